The highest BCUT2D eigenvalue weighted by Crippen LogP contribution is 2.28. The van der Waals surface area contributed by atoms with Gasteiger partial charge in [0.2, 0.25) is 5.76 Å². The topological polar surface area (TPSA) is 114 Å². The summed E-state index contributed by atoms with van der Waals surface area (Å²) in [6.07, 6.45) is 10.7. The number of H-pyrrole nitrogens is 1. The average Bonchev–Trinajstić information content (AvgIpc) is 3.86. The summed E-state index contributed by atoms with van der Waals surface area (Å²) in [6.45, 7) is 8.05. The number of anilines is 1. The summed E-state index contributed by atoms with van der Waals surface area (Å²) in [5, 5.41) is 22.2. The number of nitrogens with one attached hydrogen (secondary N) is 1. The zero-order chi connectivity index (χ0) is 34.5. The van der Waals surface area contributed by atoms with Crippen molar-refractivity contribution in [3.05, 3.63) is 101 Å². The first-order valence-corrected chi connectivity index (χ1v) is 17.7. The van der Waals surface area contributed by atoms with E-state index in [-0.39, 0.29) is 5.76 Å². The van der Waals surface area contributed by atoms with Crippen molar-refractivity contribution < 1.29 is 13.9 Å². The van der Waals surface area contributed by atoms with Crippen LogP contribution in [0.2, 0.25) is 0 Å². The molecule has 3 aromatic heterocycles. The van der Waals surface area contributed by atoms with Crippen molar-refractivity contribution in [2.24, 2.45) is 0 Å². The quantitative estimate of drug-likeness (QED) is 0.0983. The first-order chi connectivity index (χ1) is 24.5. The highest BCUT2D eigenvalue weighted by molar-refractivity contribution is 5.93. The van der Waals surface area contributed by atoms with Gasteiger partial charge in [-0.25, -0.2) is 4.79 Å². The molecule has 6 aromatic rings. The Morgan fingerprint density at radius 3 is 2.36 bits per heavy atom. The van der Waals surface area contributed by atoms with Gasteiger partial charge in [-0.3, -0.25) is 4.90 Å². The Kier molecular flexibility index (Phi) is 9.86. The number of piperazine rings is 1. The van der Waals surface area contributed by atoms with Crippen LogP contribution in [0, 0.1) is 22.7 Å². The van der Waals surface area contributed by atoms with E-state index >= 15 is 0 Å². The number of esters is 1. The van der Waals surface area contributed by atoms with Gasteiger partial charge in [-0.1, -0.05) is 0 Å². The van der Waals surface area contributed by atoms with Crippen LogP contribution in [0.1, 0.15) is 65.4 Å². The molecule has 0 saturated carbocycles. The average molecular weight is 667 g/mol. The van der Waals surface area contributed by atoms with E-state index in [1.807, 2.05) is 30.3 Å². The number of hydrogen-bond donors (Lipinski definition) is 1. The first-order valence-electron chi connectivity index (χ1n) is 17.7. The molecule has 0 atom stereocenters. The highest BCUT2D eigenvalue weighted by Gasteiger charge is 2.19. The summed E-state index contributed by atoms with van der Waals surface area (Å²) >= 11 is 0. The van der Waals surface area contributed by atoms with Crippen molar-refractivity contribution in [2.45, 2.75) is 52.0 Å². The van der Waals surface area contributed by atoms with Crippen LogP contribution < -0.4 is 4.90 Å². The lowest BCUT2D eigenvalue weighted by Gasteiger charge is -2.36. The van der Waals surface area contributed by atoms with Crippen LogP contribution >= 0.6 is 0 Å². The second-order valence-corrected chi connectivity index (χ2v) is 13.2. The van der Waals surface area contributed by atoms with E-state index < -0.39 is 5.97 Å². The van der Waals surface area contributed by atoms with Gasteiger partial charge in [-0.2, -0.15) is 10.5 Å². The molecule has 1 fully saturated rings. The van der Waals surface area contributed by atoms with Crippen molar-refractivity contribution >= 4 is 44.4 Å². The molecular formula is C41H42N6O3. The number of hydrogen-bond acceptors (Lipinski definition) is 7. The van der Waals surface area contributed by atoms with Gasteiger partial charge in [0.05, 0.1) is 29.9 Å². The van der Waals surface area contributed by atoms with Gasteiger partial charge < -0.3 is 23.6 Å². The van der Waals surface area contributed by atoms with Gasteiger partial charge >= 0.3 is 5.97 Å². The number of aromatic nitrogens is 2. The summed E-state index contributed by atoms with van der Waals surface area (Å²) < 4.78 is 13.1. The van der Waals surface area contributed by atoms with Crippen LogP contribution in [-0.2, 0) is 24.1 Å². The minimum atomic E-state index is -0.428. The monoisotopic (exact) mass is 666 g/mol. The Labute approximate surface area is 292 Å². The standard InChI is InChI=1S/C41H42N6O3/c1-2-49-41(48)40-24-33-23-34(11-14-39(33)50-40)46-19-17-45(18-20-46)15-5-3-8-32-28-47(38-13-10-30(26-43)22-36(32)38)16-6-4-7-31-27-44-37-12-9-29(25-42)21-35(31)37/h9-14,21-24,27-28,44H,2-8,15-20H2,1H3. The van der Waals surface area contributed by atoms with E-state index in [0.29, 0.717) is 23.3 Å². The summed E-state index contributed by atoms with van der Waals surface area (Å²) in [6, 6.07) is 24.3. The third kappa shape index (κ3) is 7.10. The molecule has 0 aliphatic carbocycles. The summed E-state index contributed by atoms with van der Waals surface area (Å²) in [5.74, 6) is -0.184. The smallest absolute Gasteiger partial charge is 0.374 e. The molecule has 1 aliphatic rings. The summed E-state index contributed by atoms with van der Waals surface area (Å²) in [4.78, 5) is 20.4. The Morgan fingerprint density at radius 2 is 1.58 bits per heavy atom. The van der Waals surface area contributed by atoms with Gasteiger partial charge in [-0.15, -0.1) is 0 Å². The largest absolute Gasteiger partial charge is 0.460 e. The van der Waals surface area contributed by atoms with Gasteiger partial charge in [0.1, 0.15) is 5.58 Å². The number of carbonyl (C=O) groups excluding carboxylic acids is 1. The number of rotatable bonds is 13. The fraction of sp³-hybridized carbons (Fsp3) is 0.341. The predicted molar refractivity (Wildman–Crippen MR) is 196 cm³/mol. The van der Waals surface area contributed by atoms with E-state index in [1.165, 1.54) is 22.0 Å². The molecule has 0 radical (unpaired) electrons. The Bertz CT molecular complexity index is 2220. The molecule has 4 heterocycles. The van der Waals surface area contributed by atoms with E-state index in [2.05, 4.69) is 68.1 Å². The van der Waals surface area contributed by atoms with Crippen molar-refractivity contribution in [3.8, 4) is 12.1 Å². The molecule has 50 heavy (non-hydrogen) atoms. The number of nitrogens with zero attached hydrogens (tertiary/aromatic N) is 5. The number of ether oxygens (including phenoxy) is 1. The lowest BCUT2D eigenvalue weighted by molar-refractivity contribution is 0.0492. The molecule has 0 unspecified atom stereocenters. The van der Waals surface area contributed by atoms with Gasteiger partial charge in [0.15, 0.2) is 0 Å². The lowest BCUT2D eigenvalue weighted by Crippen LogP contribution is -2.46. The number of aromatic amines is 1. The Hall–Kier alpha value is -5.51. The predicted octanol–water partition coefficient (Wildman–Crippen LogP) is 7.96. The number of carbonyl (C=O) groups is 1. The molecular weight excluding hydrogens is 624 g/mol. The van der Waals surface area contributed by atoms with Crippen LogP contribution in [0.15, 0.2) is 77.5 Å². The van der Waals surface area contributed by atoms with Crippen LogP contribution in [0.4, 0.5) is 5.69 Å². The molecule has 7 rings (SSSR count). The third-order valence-corrected chi connectivity index (χ3v) is 9.97. The van der Waals surface area contributed by atoms with Crippen LogP contribution in [-0.4, -0.2) is 59.8 Å². The number of nitriles is 2. The van der Waals surface area contributed by atoms with Gasteiger partial charge in [0.25, 0.3) is 0 Å². The number of fused-ring (bicyclic) bond motifs is 3. The SMILES string of the molecule is CCOC(=O)c1cc2cc(N3CCN(CCCCc4cn(CCCCc5c[nH]c6ccc(C#N)cc56)c5ccc(C#N)cc45)CC3)ccc2o1. The van der Waals surface area contributed by atoms with Crippen LogP contribution in [0.5, 0.6) is 0 Å². The maximum atomic E-state index is 12.1. The minimum Gasteiger partial charge on any atom is -0.460 e. The zero-order valence-electron chi connectivity index (χ0n) is 28.6. The second kappa shape index (κ2) is 14.9. The Balaban J connectivity index is 0.903. The number of unbranched alkanes of at least 4 members (excludes halogenated alkanes) is 2. The molecule has 1 aliphatic heterocycles. The molecule has 1 saturated heterocycles. The van der Waals surface area contributed by atoms with E-state index in [1.54, 1.807) is 13.0 Å². The molecule has 254 valence electrons. The first kappa shape index (κ1) is 33.0. The van der Waals surface area contributed by atoms with E-state index in [0.717, 1.165) is 99.8 Å². The number of furan rings is 1. The zero-order valence-corrected chi connectivity index (χ0v) is 28.6. The molecule has 9 nitrogen and oxygen atoms in total. The number of benzene rings is 3. The summed E-state index contributed by atoms with van der Waals surface area (Å²) in [7, 11) is 0. The molecule has 0 bridgehead atoms. The normalized spacial score (nSPS) is 13.6. The lowest BCUT2D eigenvalue weighted by atomic mass is 10.0. The van der Waals surface area contributed by atoms with E-state index in [9.17, 15) is 15.3 Å². The van der Waals surface area contributed by atoms with Crippen molar-refractivity contribution in [1.29, 1.82) is 10.5 Å². The highest BCUT2D eigenvalue weighted by atomic mass is 16.5. The molecule has 3 aromatic carbocycles. The second-order valence-electron chi connectivity index (χ2n) is 13.2. The van der Waals surface area contributed by atoms with Crippen molar-refractivity contribution in [3.63, 3.8) is 0 Å². The fourth-order valence-corrected chi connectivity index (χ4v) is 7.29. The molecule has 0 amide bonds. The Morgan fingerprint density at radius 1 is 0.840 bits per heavy atom. The number of aryl methyl sites for hydroxylation is 3. The van der Waals surface area contributed by atoms with Crippen molar-refractivity contribution in [2.75, 3.05) is 44.2 Å². The van der Waals surface area contributed by atoms with Gasteiger partial charge in [0, 0.05) is 78.0 Å². The van der Waals surface area contributed by atoms with E-state index in [4.69, 9.17) is 9.15 Å². The fourth-order valence-electron chi connectivity index (χ4n) is 7.29. The molecule has 1 N–H and O–H groups in total. The minimum absolute atomic E-state index is 0.244. The maximum absolute atomic E-state index is 12.1. The van der Waals surface area contributed by atoms with Crippen LogP contribution in [0.25, 0.3) is 32.8 Å². The maximum Gasteiger partial charge on any atom is 0.374 e. The van der Waals surface area contributed by atoms with Crippen LogP contribution in [0.3, 0.4) is 0 Å². The molecule has 0 spiro atoms. The van der Waals surface area contributed by atoms with Crippen molar-refractivity contribution in [1.82, 2.24) is 14.5 Å². The van der Waals surface area contributed by atoms with Gasteiger partial charge in [-0.05, 0) is 124 Å². The summed E-state index contributed by atoms with van der Waals surface area (Å²) in [5.41, 5.74) is 8.10. The third-order valence-electron chi connectivity index (χ3n) is 9.97. The molecule has 9 heteroatoms.